The van der Waals surface area contributed by atoms with Crippen molar-refractivity contribution in [3.8, 4) is 6.19 Å². The summed E-state index contributed by atoms with van der Waals surface area (Å²) in [5.41, 5.74) is 1.07. The number of hydrogen-bond acceptors (Lipinski definition) is 3. The Morgan fingerprint density at radius 1 is 1.15 bits per heavy atom. The zero-order chi connectivity index (χ0) is 9.10. The van der Waals surface area contributed by atoms with Gasteiger partial charge in [0.15, 0.2) is 0 Å². The molecule has 0 aliphatic rings. The molecule has 1 aromatic carbocycles. The van der Waals surface area contributed by atoms with Crippen molar-refractivity contribution >= 4 is 11.0 Å². The lowest BCUT2D eigenvalue weighted by molar-refractivity contribution is 0.545. The highest BCUT2D eigenvalue weighted by Crippen LogP contribution is 2.09. The third-order valence-electron chi connectivity index (χ3n) is 1.70. The summed E-state index contributed by atoms with van der Waals surface area (Å²) in [5, 5.41) is 9.31. The van der Waals surface area contributed by atoms with Crippen LogP contribution in [0, 0.1) is 11.5 Å². The molecule has 0 saturated heterocycles. The average molecular weight is 170 g/mol. The number of benzene rings is 1. The average Bonchev–Trinajstić information content (AvgIpc) is 2.18. The highest BCUT2D eigenvalue weighted by Gasteiger charge is 1.92. The first kappa shape index (κ1) is 7.56. The maximum absolute atomic E-state index is 8.32. The zero-order valence-corrected chi connectivity index (χ0v) is 6.77. The Hall–Kier alpha value is -2.08. The van der Waals surface area contributed by atoms with Crippen LogP contribution in [0.1, 0.15) is 0 Å². The number of nitrogens with zero attached hydrogens (tertiary/aromatic N) is 2. The molecule has 62 valence electrons. The van der Waals surface area contributed by atoms with Crippen molar-refractivity contribution in [3.05, 3.63) is 42.0 Å². The summed E-state index contributed by atoms with van der Waals surface area (Å²) in [6.07, 6.45) is 1.68. The van der Waals surface area contributed by atoms with E-state index < -0.39 is 0 Å². The topological polar surface area (TPSA) is 49.3 Å². The van der Waals surface area contributed by atoms with E-state index in [0.717, 1.165) is 11.0 Å². The van der Waals surface area contributed by atoms with Crippen LogP contribution in [0.3, 0.4) is 0 Å². The maximum atomic E-state index is 8.32. The Balaban J connectivity index is 2.78. The van der Waals surface area contributed by atoms with Crippen molar-refractivity contribution in [2.75, 3.05) is 0 Å². The number of nitriles is 1. The van der Waals surface area contributed by atoms with Crippen LogP contribution in [0.2, 0.25) is 0 Å². The number of fused-ring (bicyclic) bond motifs is 1. The third kappa shape index (κ3) is 1.42. The van der Waals surface area contributed by atoms with Gasteiger partial charge in [0.25, 0.3) is 0 Å². The fraction of sp³-hybridized carbons (Fsp3) is 0. The second kappa shape index (κ2) is 3.11. The van der Waals surface area contributed by atoms with Gasteiger partial charge in [0.2, 0.25) is 11.7 Å². The van der Waals surface area contributed by atoms with Crippen LogP contribution in [-0.4, -0.2) is 0 Å². The Bertz CT molecular complexity index is 534. The Morgan fingerprint density at radius 3 is 2.85 bits per heavy atom. The van der Waals surface area contributed by atoms with Crippen molar-refractivity contribution in [1.29, 1.82) is 5.26 Å². The second-order valence-electron chi connectivity index (χ2n) is 2.52. The first-order chi connectivity index (χ1) is 6.40. The third-order valence-corrected chi connectivity index (χ3v) is 1.70. The smallest absolute Gasteiger partial charge is 0.229 e. The number of para-hydroxylation sites is 1. The monoisotopic (exact) mass is 170 g/mol. The second-order valence-corrected chi connectivity index (χ2v) is 2.52. The van der Waals surface area contributed by atoms with Crippen LogP contribution in [0.4, 0.5) is 0 Å². The van der Waals surface area contributed by atoms with Gasteiger partial charge in [-0.25, -0.2) is 0 Å². The Morgan fingerprint density at radius 2 is 2.00 bits per heavy atom. The first-order valence-electron chi connectivity index (χ1n) is 3.82. The summed E-state index contributed by atoms with van der Waals surface area (Å²) in [7, 11) is 0. The summed E-state index contributed by atoms with van der Waals surface area (Å²) in [4.78, 5) is 3.50. The lowest BCUT2D eigenvalue weighted by atomic mass is 10.2. The molecule has 1 aromatic heterocycles. The van der Waals surface area contributed by atoms with Crippen molar-refractivity contribution in [2.45, 2.75) is 0 Å². The molecule has 13 heavy (non-hydrogen) atoms. The predicted molar refractivity (Wildman–Crippen MR) is 47.4 cm³/mol. The summed E-state index contributed by atoms with van der Waals surface area (Å²) < 4.78 is 5.31. The lowest BCUT2D eigenvalue weighted by Crippen LogP contribution is -1.97. The van der Waals surface area contributed by atoms with Gasteiger partial charge in [-0.1, -0.05) is 18.2 Å². The molecule has 1 heterocycles. The molecule has 0 spiro atoms. The van der Waals surface area contributed by atoms with Crippen LogP contribution in [0.5, 0.6) is 0 Å². The molecule has 0 aliphatic carbocycles. The predicted octanol–water partition coefficient (Wildman–Crippen LogP) is 1.81. The van der Waals surface area contributed by atoms with E-state index in [1.165, 1.54) is 0 Å². The van der Waals surface area contributed by atoms with E-state index in [1.54, 1.807) is 12.3 Å². The SMILES string of the molecule is N#CN=c1ccc2ccccc2o1. The highest BCUT2D eigenvalue weighted by molar-refractivity contribution is 5.75. The van der Waals surface area contributed by atoms with E-state index in [2.05, 4.69) is 4.99 Å². The van der Waals surface area contributed by atoms with E-state index in [-0.39, 0.29) is 0 Å². The molecule has 0 bridgehead atoms. The van der Waals surface area contributed by atoms with Gasteiger partial charge < -0.3 is 4.42 Å². The van der Waals surface area contributed by atoms with Crippen LogP contribution in [0.15, 0.2) is 45.8 Å². The van der Waals surface area contributed by atoms with Gasteiger partial charge >= 0.3 is 0 Å². The summed E-state index contributed by atoms with van der Waals surface area (Å²) in [6.45, 7) is 0. The standard InChI is InChI=1S/C10H6N2O/c11-7-12-10-6-5-8-3-1-2-4-9(8)13-10/h1-6H. The van der Waals surface area contributed by atoms with Crippen molar-refractivity contribution in [1.82, 2.24) is 0 Å². The highest BCUT2D eigenvalue weighted by atomic mass is 16.3. The molecule has 0 radical (unpaired) electrons. The van der Waals surface area contributed by atoms with E-state index in [4.69, 9.17) is 9.68 Å². The molecule has 2 aromatic rings. The molecule has 0 saturated carbocycles. The van der Waals surface area contributed by atoms with Gasteiger partial charge in [-0.2, -0.15) is 5.26 Å². The normalized spacial score (nSPS) is 11.5. The molecule has 0 fully saturated rings. The zero-order valence-electron chi connectivity index (χ0n) is 6.77. The van der Waals surface area contributed by atoms with Crippen LogP contribution in [-0.2, 0) is 0 Å². The van der Waals surface area contributed by atoms with Gasteiger partial charge in [-0.15, -0.1) is 4.99 Å². The van der Waals surface area contributed by atoms with Crippen LogP contribution >= 0.6 is 0 Å². The van der Waals surface area contributed by atoms with Crippen LogP contribution < -0.4 is 5.55 Å². The van der Waals surface area contributed by atoms with Crippen molar-refractivity contribution in [3.63, 3.8) is 0 Å². The van der Waals surface area contributed by atoms with E-state index >= 15 is 0 Å². The maximum Gasteiger partial charge on any atom is 0.229 e. The van der Waals surface area contributed by atoms with Crippen molar-refractivity contribution in [2.24, 2.45) is 4.99 Å². The van der Waals surface area contributed by atoms with E-state index in [9.17, 15) is 0 Å². The summed E-state index contributed by atoms with van der Waals surface area (Å²) >= 11 is 0. The molecule has 0 atom stereocenters. The minimum atomic E-state index is 0.334. The van der Waals surface area contributed by atoms with Gasteiger partial charge in [0, 0.05) is 11.5 Å². The van der Waals surface area contributed by atoms with Gasteiger partial charge in [-0.05, 0) is 12.1 Å². The van der Waals surface area contributed by atoms with Crippen LogP contribution in [0.25, 0.3) is 11.0 Å². The first-order valence-corrected chi connectivity index (χ1v) is 3.82. The Kier molecular flexibility index (Phi) is 1.81. The molecule has 3 heteroatoms. The summed E-state index contributed by atoms with van der Waals surface area (Å²) in [6, 6.07) is 11.1. The molecule has 0 amide bonds. The molecular weight excluding hydrogens is 164 g/mol. The minimum Gasteiger partial charge on any atom is -0.438 e. The summed E-state index contributed by atoms with van der Waals surface area (Å²) in [5.74, 6) is 0. The minimum absolute atomic E-state index is 0.334. The van der Waals surface area contributed by atoms with Gasteiger partial charge in [0.05, 0.1) is 0 Å². The molecule has 0 N–H and O–H groups in total. The molecule has 0 aliphatic heterocycles. The molecule has 3 nitrogen and oxygen atoms in total. The molecular formula is C10H6N2O. The molecule has 0 unspecified atom stereocenters. The fourth-order valence-electron chi connectivity index (χ4n) is 1.13. The van der Waals surface area contributed by atoms with Gasteiger partial charge in [0.1, 0.15) is 5.58 Å². The number of hydrogen-bond donors (Lipinski definition) is 0. The largest absolute Gasteiger partial charge is 0.438 e. The molecule has 2 rings (SSSR count). The van der Waals surface area contributed by atoms with Gasteiger partial charge in [-0.3, -0.25) is 0 Å². The van der Waals surface area contributed by atoms with E-state index in [1.807, 2.05) is 30.3 Å². The van der Waals surface area contributed by atoms with Crippen molar-refractivity contribution < 1.29 is 4.42 Å². The Labute approximate surface area is 74.6 Å². The quantitative estimate of drug-likeness (QED) is 0.566. The lowest BCUT2D eigenvalue weighted by Gasteiger charge is -1.93. The number of rotatable bonds is 0. The fourth-order valence-corrected chi connectivity index (χ4v) is 1.13. The van der Waals surface area contributed by atoms with E-state index in [0.29, 0.717) is 5.55 Å².